The van der Waals surface area contributed by atoms with Crippen molar-refractivity contribution in [3.63, 3.8) is 0 Å². The van der Waals surface area contributed by atoms with Crippen molar-refractivity contribution in [3.8, 4) is 0 Å². The lowest BCUT2D eigenvalue weighted by Crippen LogP contribution is -2.18. The van der Waals surface area contributed by atoms with Crippen LogP contribution in [0.25, 0.3) is 0 Å². The standard InChI is InChI=1S/C15H19FN2O/c1-11-13(6-8-19-11)10-18(2)15-4-3-12(5-7-17)9-14(15)16/h3-4,6,8-9H,5,7,10,17H2,1-2H3. The molecule has 0 amide bonds. The quantitative estimate of drug-likeness (QED) is 0.901. The summed E-state index contributed by atoms with van der Waals surface area (Å²) in [6.07, 6.45) is 2.35. The first-order chi connectivity index (χ1) is 9.11. The van der Waals surface area contributed by atoms with Gasteiger partial charge in [0.1, 0.15) is 11.6 Å². The number of nitrogens with two attached hydrogens (primary N) is 1. The van der Waals surface area contributed by atoms with Crippen molar-refractivity contribution in [2.45, 2.75) is 19.9 Å². The molecule has 0 aliphatic heterocycles. The Balaban J connectivity index is 2.15. The van der Waals surface area contributed by atoms with E-state index in [4.69, 9.17) is 10.2 Å². The van der Waals surface area contributed by atoms with Crippen molar-refractivity contribution in [1.29, 1.82) is 0 Å². The molecule has 0 saturated heterocycles. The molecule has 1 heterocycles. The smallest absolute Gasteiger partial charge is 0.146 e. The summed E-state index contributed by atoms with van der Waals surface area (Å²) in [6.45, 7) is 3.06. The number of rotatable bonds is 5. The van der Waals surface area contributed by atoms with Gasteiger partial charge in [-0.3, -0.25) is 0 Å². The molecule has 0 spiro atoms. The maximum atomic E-state index is 14.0. The largest absolute Gasteiger partial charge is 0.469 e. The zero-order chi connectivity index (χ0) is 13.8. The molecule has 4 heteroatoms. The second-order valence-corrected chi connectivity index (χ2v) is 4.68. The van der Waals surface area contributed by atoms with Crippen LogP contribution in [-0.4, -0.2) is 13.6 Å². The number of benzene rings is 1. The van der Waals surface area contributed by atoms with Crippen molar-refractivity contribution in [3.05, 3.63) is 53.2 Å². The van der Waals surface area contributed by atoms with Gasteiger partial charge in [-0.1, -0.05) is 6.07 Å². The summed E-state index contributed by atoms with van der Waals surface area (Å²) < 4.78 is 19.3. The van der Waals surface area contributed by atoms with Gasteiger partial charge in [-0.25, -0.2) is 4.39 Å². The fraction of sp³-hybridized carbons (Fsp3) is 0.333. The van der Waals surface area contributed by atoms with Gasteiger partial charge in [0.2, 0.25) is 0 Å². The molecule has 0 radical (unpaired) electrons. The van der Waals surface area contributed by atoms with Gasteiger partial charge in [0.25, 0.3) is 0 Å². The Hall–Kier alpha value is -1.81. The van der Waals surface area contributed by atoms with Gasteiger partial charge in [0, 0.05) is 19.2 Å². The number of aryl methyl sites for hydroxylation is 1. The number of hydrogen-bond donors (Lipinski definition) is 1. The highest BCUT2D eigenvalue weighted by molar-refractivity contribution is 5.49. The molecule has 1 aromatic heterocycles. The summed E-state index contributed by atoms with van der Waals surface area (Å²) in [4.78, 5) is 1.87. The van der Waals surface area contributed by atoms with Crippen molar-refractivity contribution < 1.29 is 8.81 Å². The summed E-state index contributed by atoms with van der Waals surface area (Å²) >= 11 is 0. The summed E-state index contributed by atoms with van der Waals surface area (Å²) in [5.41, 5.74) is 8.05. The van der Waals surface area contributed by atoms with Crippen LogP contribution in [-0.2, 0) is 13.0 Å². The van der Waals surface area contributed by atoms with E-state index in [-0.39, 0.29) is 5.82 Å². The van der Waals surface area contributed by atoms with Crippen LogP contribution in [0.2, 0.25) is 0 Å². The van der Waals surface area contributed by atoms with E-state index in [1.54, 1.807) is 18.4 Å². The number of nitrogens with zero attached hydrogens (tertiary/aromatic N) is 1. The highest BCUT2D eigenvalue weighted by Gasteiger charge is 2.11. The molecule has 2 rings (SSSR count). The zero-order valence-corrected chi connectivity index (χ0v) is 11.3. The first kappa shape index (κ1) is 13.6. The van der Waals surface area contributed by atoms with Crippen LogP contribution in [0.1, 0.15) is 16.9 Å². The van der Waals surface area contributed by atoms with E-state index in [9.17, 15) is 4.39 Å². The summed E-state index contributed by atoms with van der Waals surface area (Å²) in [7, 11) is 1.87. The van der Waals surface area contributed by atoms with E-state index in [0.717, 1.165) is 16.9 Å². The Morgan fingerprint density at radius 1 is 1.32 bits per heavy atom. The van der Waals surface area contributed by atoms with Crippen molar-refractivity contribution in [2.75, 3.05) is 18.5 Å². The van der Waals surface area contributed by atoms with Crippen LogP contribution in [0.4, 0.5) is 10.1 Å². The van der Waals surface area contributed by atoms with Gasteiger partial charge in [-0.05, 0) is 43.7 Å². The van der Waals surface area contributed by atoms with Crippen LogP contribution in [0.15, 0.2) is 34.9 Å². The SMILES string of the molecule is Cc1occc1CN(C)c1ccc(CCN)cc1F. The Labute approximate surface area is 112 Å². The molecule has 0 fully saturated rings. The van der Waals surface area contributed by atoms with Crippen molar-refractivity contribution in [1.82, 2.24) is 0 Å². The predicted octanol–water partition coefficient (Wildman–Crippen LogP) is 2.86. The number of furan rings is 1. The van der Waals surface area contributed by atoms with E-state index in [0.29, 0.717) is 25.2 Å². The molecular weight excluding hydrogens is 243 g/mol. The van der Waals surface area contributed by atoms with Crippen LogP contribution in [0, 0.1) is 12.7 Å². The van der Waals surface area contributed by atoms with Gasteiger partial charge in [0.05, 0.1) is 12.0 Å². The van der Waals surface area contributed by atoms with Crippen molar-refractivity contribution in [2.24, 2.45) is 5.73 Å². The van der Waals surface area contributed by atoms with E-state index >= 15 is 0 Å². The lowest BCUT2D eigenvalue weighted by molar-refractivity contribution is 0.529. The minimum atomic E-state index is -0.213. The maximum Gasteiger partial charge on any atom is 0.146 e. The number of anilines is 1. The van der Waals surface area contributed by atoms with Gasteiger partial charge in [-0.2, -0.15) is 0 Å². The number of halogens is 1. The van der Waals surface area contributed by atoms with E-state index in [1.807, 2.05) is 31.0 Å². The molecule has 0 unspecified atom stereocenters. The van der Waals surface area contributed by atoms with Gasteiger partial charge < -0.3 is 15.1 Å². The minimum Gasteiger partial charge on any atom is -0.469 e. The lowest BCUT2D eigenvalue weighted by atomic mass is 10.1. The van der Waals surface area contributed by atoms with Crippen LogP contribution in [0.5, 0.6) is 0 Å². The molecule has 3 nitrogen and oxygen atoms in total. The first-order valence-electron chi connectivity index (χ1n) is 6.34. The van der Waals surface area contributed by atoms with Gasteiger partial charge >= 0.3 is 0 Å². The first-order valence-corrected chi connectivity index (χ1v) is 6.34. The lowest BCUT2D eigenvalue weighted by Gasteiger charge is -2.20. The summed E-state index contributed by atoms with van der Waals surface area (Å²) in [5.74, 6) is 0.654. The average Bonchev–Trinajstić information content (AvgIpc) is 2.75. The third-order valence-corrected chi connectivity index (χ3v) is 3.23. The second kappa shape index (κ2) is 5.89. The zero-order valence-electron chi connectivity index (χ0n) is 11.3. The topological polar surface area (TPSA) is 42.4 Å². The van der Waals surface area contributed by atoms with E-state index < -0.39 is 0 Å². The Morgan fingerprint density at radius 3 is 2.68 bits per heavy atom. The van der Waals surface area contributed by atoms with E-state index in [1.165, 1.54) is 0 Å². The molecule has 19 heavy (non-hydrogen) atoms. The molecule has 2 aromatic rings. The molecule has 2 N–H and O–H groups in total. The van der Waals surface area contributed by atoms with Gasteiger partial charge in [0.15, 0.2) is 0 Å². The van der Waals surface area contributed by atoms with Crippen LogP contribution < -0.4 is 10.6 Å². The second-order valence-electron chi connectivity index (χ2n) is 4.68. The molecule has 0 atom stereocenters. The fourth-order valence-corrected chi connectivity index (χ4v) is 2.10. The summed E-state index contributed by atoms with van der Waals surface area (Å²) in [6, 6.07) is 7.19. The molecule has 102 valence electrons. The minimum absolute atomic E-state index is 0.213. The monoisotopic (exact) mass is 262 g/mol. The highest BCUT2D eigenvalue weighted by Crippen LogP contribution is 2.22. The molecule has 0 saturated carbocycles. The van der Waals surface area contributed by atoms with Crippen LogP contribution in [0.3, 0.4) is 0 Å². The molecule has 1 aromatic carbocycles. The van der Waals surface area contributed by atoms with E-state index in [2.05, 4.69) is 0 Å². The average molecular weight is 262 g/mol. The van der Waals surface area contributed by atoms with Gasteiger partial charge in [-0.15, -0.1) is 0 Å². The maximum absolute atomic E-state index is 14.0. The Kier molecular flexibility index (Phi) is 4.22. The molecule has 0 aliphatic carbocycles. The molecule has 0 bridgehead atoms. The predicted molar refractivity (Wildman–Crippen MR) is 74.7 cm³/mol. The molecule has 0 aliphatic rings. The fourth-order valence-electron chi connectivity index (χ4n) is 2.10. The highest BCUT2D eigenvalue weighted by atomic mass is 19.1. The third kappa shape index (κ3) is 3.15. The normalized spacial score (nSPS) is 10.7. The molecular formula is C15H19FN2O. The Bertz CT molecular complexity index is 551. The summed E-state index contributed by atoms with van der Waals surface area (Å²) in [5, 5.41) is 0. The van der Waals surface area contributed by atoms with Crippen molar-refractivity contribution >= 4 is 5.69 Å². The third-order valence-electron chi connectivity index (χ3n) is 3.23. The Morgan fingerprint density at radius 2 is 2.11 bits per heavy atom. The number of hydrogen-bond acceptors (Lipinski definition) is 3. The van der Waals surface area contributed by atoms with Crippen LogP contribution >= 0.6 is 0 Å².